The van der Waals surface area contributed by atoms with Crippen LogP contribution in [0.2, 0.25) is 0 Å². The topological polar surface area (TPSA) is 45.7 Å². The highest BCUT2D eigenvalue weighted by Gasteiger charge is 2.01. The Morgan fingerprint density at radius 3 is 2.44 bits per heavy atom. The fourth-order valence-corrected chi connectivity index (χ4v) is 1.51. The van der Waals surface area contributed by atoms with Crippen LogP contribution in [0.3, 0.4) is 0 Å². The highest BCUT2D eigenvalue weighted by molar-refractivity contribution is 5.79. The molecule has 0 spiro atoms. The van der Waals surface area contributed by atoms with E-state index in [2.05, 4.69) is 15.6 Å². The van der Waals surface area contributed by atoms with Gasteiger partial charge in [0.2, 0.25) is 0 Å². The summed E-state index contributed by atoms with van der Waals surface area (Å²) >= 11 is 0. The lowest BCUT2D eigenvalue weighted by Crippen LogP contribution is -2.36. The molecular formula is C13H20FN3O. The Morgan fingerprint density at radius 2 is 1.89 bits per heavy atom. The first-order chi connectivity index (χ1) is 8.69. The molecule has 1 aromatic carbocycles. The highest BCUT2D eigenvalue weighted by atomic mass is 19.1. The molecule has 2 N–H and O–H groups in total. The van der Waals surface area contributed by atoms with Gasteiger partial charge in [-0.25, -0.2) is 9.38 Å². The summed E-state index contributed by atoms with van der Waals surface area (Å²) in [5.74, 6) is 0.921. The van der Waals surface area contributed by atoms with Crippen LogP contribution in [0.15, 0.2) is 23.2 Å². The lowest BCUT2D eigenvalue weighted by molar-refractivity contribution is 0.410. The van der Waals surface area contributed by atoms with E-state index in [1.807, 2.05) is 13.8 Å². The molecule has 0 saturated heterocycles. The van der Waals surface area contributed by atoms with Crippen molar-refractivity contribution in [2.75, 3.05) is 20.2 Å². The third-order valence-corrected chi connectivity index (χ3v) is 2.27. The summed E-state index contributed by atoms with van der Waals surface area (Å²) in [5.41, 5.74) is 0.778. The Labute approximate surface area is 107 Å². The third-order valence-electron chi connectivity index (χ3n) is 2.27. The molecule has 0 amide bonds. The van der Waals surface area contributed by atoms with Gasteiger partial charge < -0.3 is 15.4 Å². The normalized spacial score (nSPS) is 9.78. The Morgan fingerprint density at radius 1 is 1.22 bits per heavy atom. The largest absolute Gasteiger partial charge is 0.497 e. The van der Waals surface area contributed by atoms with Crippen LogP contribution in [0.5, 0.6) is 5.75 Å². The van der Waals surface area contributed by atoms with E-state index in [9.17, 15) is 4.39 Å². The molecule has 18 heavy (non-hydrogen) atoms. The Hall–Kier alpha value is -1.78. The van der Waals surface area contributed by atoms with Crippen molar-refractivity contribution in [2.24, 2.45) is 4.99 Å². The van der Waals surface area contributed by atoms with Gasteiger partial charge in [-0.2, -0.15) is 0 Å². The second-order valence-corrected chi connectivity index (χ2v) is 3.72. The molecule has 0 bridgehead atoms. The molecule has 0 aliphatic carbocycles. The van der Waals surface area contributed by atoms with Crippen LogP contribution >= 0.6 is 0 Å². The number of aliphatic imine (C=N–C) groups is 1. The first-order valence-corrected chi connectivity index (χ1v) is 6.05. The number of benzene rings is 1. The predicted octanol–water partition coefficient (Wildman–Crippen LogP) is 1.91. The number of ether oxygens (including phenoxy) is 1. The summed E-state index contributed by atoms with van der Waals surface area (Å²) in [6.45, 7) is 5.98. The summed E-state index contributed by atoms with van der Waals surface area (Å²) in [6.07, 6.45) is 0. The summed E-state index contributed by atoms with van der Waals surface area (Å²) < 4.78 is 18.3. The maximum absolute atomic E-state index is 13.3. The van der Waals surface area contributed by atoms with Gasteiger partial charge in [-0.15, -0.1) is 0 Å². The van der Waals surface area contributed by atoms with Gasteiger partial charge in [-0.3, -0.25) is 0 Å². The molecule has 0 heterocycles. The van der Waals surface area contributed by atoms with E-state index >= 15 is 0 Å². The number of rotatable bonds is 5. The molecule has 100 valence electrons. The van der Waals surface area contributed by atoms with Gasteiger partial charge in [0.15, 0.2) is 5.96 Å². The van der Waals surface area contributed by atoms with E-state index < -0.39 is 0 Å². The quantitative estimate of drug-likeness (QED) is 0.622. The zero-order valence-electron chi connectivity index (χ0n) is 11.1. The van der Waals surface area contributed by atoms with Crippen molar-refractivity contribution in [3.8, 4) is 5.75 Å². The number of hydrogen-bond donors (Lipinski definition) is 2. The maximum atomic E-state index is 13.3. The van der Waals surface area contributed by atoms with E-state index in [0.717, 1.165) is 24.6 Å². The smallest absolute Gasteiger partial charge is 0.191 e. The van der Waals surface area contributed by atoms with Gasteiger partial charge >= 0.3 is 0 Å². The van der Waals surface area contributed by atoms with Crippen molar-refractivity contribution in [1.29, 1.82) is 0 Å². The molecule has 1 aromatic rings. The Kier molecular flexibility index (Phi) is 5.97. The van der Waals surface area contributed by atoms with Gasteiger partial charge in [-0.05, 0) is 31.5 Å². The van der Waals surface area contributed by atoms with Gasteiger partial charge in [-0.1, -0.05) is 0 Å². The summed E-state index contributed by atoms with van der Waals surface area (Å²) in [7, 11) is 1.52. The van der Waals surface area contributed by atoms with E-state index in [1.165, 1.54) is 19.2 Å². The van der Waals surface area contributed by atoms with Crippen LogP contribution in [-0.2, 0) is 6.54 Å². The monoisotopic (exact) mass is 253 g/mol. The minimum atomic E-state index is -0.312. The molecule has 0 aromatic heterocycles. The van der Waals surface area contributed by atoms with Gasteiger partial charge in [0, 0.05) is 19.2 Å². The molecule has 0 fully saturated rings. The SMILES string of the molecule is CCNC(=NCc1cc(F)cc(OC)c1)NCC. The number of nitrogens with zero attached hydrogens (tertiary/aromatic N) is 1. The second kappa shape index (κ2) is 7.53. The molecule has 1 rings (SSSR count). The average molecular weight is 253 g/mol. The van der Waals surface area contributed by atoms with Gasteiger partial charge in [0.25, 0.3) is 0 Å². The number of halogens is 1. The lowest BCUT2D eigenvalue weighted by atomic mass is 10.2. The van der Waals surface area contributed by atoms with Crippen LogP contribution < -0.4 is 15.4 Å². The molecule has 0 atom stereocenters. The second-order valence-electron chi connectivity index (χ2n) is 3.72. The molecule has 0 aliphatic heterocycles. The predicted molar refractivity (Wildman–Crippen MR) is 71.4 cm³/mol. The summed E-state index contributed by atoms with van der Waals surface area (Å²) in [4.78, 5) is 4.36. The average Bonchev–Trinajstić information content (AvgIpc) is 2.36. The molecule has 4 nitrogen and oxygen atoms in total. The standard InChI is InChI=1S/C13H20FN3O/c1-4-15-13(16-5-2)17-9-10-6-11(14)8-12(7-10)18-3/h6-8H,4-5,9H2,1-3H3,(H2,15,16,17). The molecule has 0 unspecified atom stereocenters. The Balaban J connectivity index is 2.76. The van der Waals surface area contributed by atoms with Crippen LogP contribution in [-0.4, -0.2) is 26.2 Å². The van der Waals surface area contributed by atoms with Crippen molar-refractivity contribution < 1.29 is 9.13 Å². The van der Waals surface area contributed by atoms with Crippen LogP contribution in [0, 0.1) is 5.82 Å². The first-order valence-electron chi connectivity index (χ1n) is 6.05. The summed E-state index contributed by atoms with van der Waals surface area (Å²) in [6, 6.07) is 4.59. The molecule has 0 radical (unpaired) electrons. The number of nitrogens with one attached hydrogen (secondary N) is 2. The van der Waals surface area contributed by atoms with Crippen LogP contribution in [0.1, 0.15) is 19.4 Å². The molecule has 0 saturated carbocycles. The van der Waals surface area contributed by atoms with E-state index in [-0.39, 0.29) is 5.82 Å². The third kappa shape index (κ3) is 4.61. The minimum Gasteiger partial charge on any atom is -0.497 e. The highest BCUT2D eigenvalue weighted by Crippen LogP contribution is 2.16. The molecular weight excluding hydrogens is 233 g/mol. The minimum absolute atomic E-state index is 0.312. The molecule has 5 heteroatoms. The molecule has 0 aliphatic rings. The first kappa shape index (κ1) is 14.3. The number of hydrogen-bond acceptors (Lipinski definition) is 2. The van der Waals surface area contributed by atoms with Gasteiger partial charge in [0.1, 0.15) is 11.6 Å². The Bertz CT molecular complexity index is 399. The summed E-state index contributed by atoms with van der Waals surface area (Å²) in [5, 5.41) is 6.22. The van der Waals surface area contributed by atoms with E-state index in [0.29, 0.717) is 12.3 Å². The number of guanidine groups is 1. The van der Waals surface area contributed by atoms with Crippen LogP contribution in [0.25, 0.3) is 0 Å². The lowest BCUT2D eigenvalue weighted by Gasteiger charge is -2.09. The van der Waals surface area contributed by atoms with E-state index in [1.54, 1.807) is 6.07 Å². The fourth-order valence-electron chi connectivity index (χ4n) is 1.51. The van der Waals surface area contributed by atoms with Crippen molar-refractivity contribution in [2.45, 2.75) is 20.4 Å². The van der Waals surface area contributed by atoms with E-state index in [4.69, 9.17) is 4.74 Å². The van der Waals surface area contributed by atoms with Crippen molar-refractivity contribution in [3.05, 3.63) is 29.6 Å². The zero-order chi connectivity index (χ0) is 13.4. The number of methoxy groups -OCH3 is 1. The van der Waals surface area contributed by atoms with Crippen LogP contribution in [0.4, 0.5) is 4.39 Å². The maximum Gasteiger partial charge on any atom is 0.191 e. The van der Waals surface area contributed by atoms with Crippen molar-refractivity contribution in [3.63, 3.8) is 0 Å². The fraction of sp³-hybridized carbons (Fsp3) is 0.462. The van der Waals surface area contributed by atoms with Crippen molar-refractivity contribution in [1.82, 2.24) is 10.6 Å². The van der Waals surface area contributed by atoms with Crippen molar-refractivity contribution >= 4 is 5.96 Å². The van der Waals surface area contributed by atoms with Gasteiger partial charge in [0.05, 0.1) is 13.7 Å². The zero-order valence-corrected chi connectivity index (χ0v) is 11.1.